The molecule has 0 saturated carbocycles. The van der Waals surface area contributed by atoms with E-state index in [9.17, 15) is 5.26 Å². The standard InChI is InChI=1S/C24H21N5O2S/c1-30-20-6-4-7-21(13-20)31-15-23-27-28-24(29(23)26)32-16-17-9-11-18(12-10-17)22-8-3-2-5-19(22)14-25/h2-13H,15-16,26H2,1H3. The fourth-order valence-electron chi connectivity index (χ4n) is 3.10. The number of nitrogen functional groups attached to an aromatic ring is 1. The van der Waals surface area contributed by atoms with E-state index in [1.807, 2.05) is 66.7 Å². The molecule has 4 aromatic rings. The van der Waals surface area contributed by atoms with Gasteiger partial charge in [0.15, 0.2) is 5.82 Å². The van der Waals surface area contributed by atoms with Crippen LogP contribution in [0.15, 0.2) is 78.0 Å². The lowest BCUT2D eigenvalue weighted by Gasteiger charge is -2.08. The molecule has 0 saturated heterocycles. The van der Waals surface area contributed by atoms with Crippen LogP contribution < -0.4 is 15.3 Å². The van der Waals surface area contributed by atoms with Crippen LogP contribution in [0.2, 0.25) is 0 Å². The number of nitrogens with zero attached hydrogens (tertiary/aromatic N) is 4. The van der Waals surface area contributed by atoms with Gasteiger partial charge in [0, 0.05) is 11.8 Å². The lowest BCUT2D eigenvalue weighted by atomic mass is 10.00. The van der Waals surface area contributed by atoms with Crippen molar-refractivity contribution >= 4 is 11.8 Å². The molecule has 8 heteroatoms. The van der Waals surface area contributed by atoms with E-state index >= 15 is 0 Å². The zero-order valence-corrected chi connectivity index (χ0v) is 18.2. The molecule has 4 rings (SSSR count). The highest BCUT2D eigenvalue weighted by Crippen LogP contribution is 2.26. The summed E-state index contributed by atoms with van der Waals surface area (Å²) in [4.78, 5) is 0. The van der Waals surface area contributed by atoms with Crippen LogP contribution in [0.5, 0.6) is 11.5 Å². The molecule has 0 aliphatic carbocycles. The van der Waals surface area contributed by atoms with Gasteiger partial charge in [-0.1, -0.05) is 60.3 Å². The number of rotatable bonds is 8. The maximum atomic E-state index is 9.30. The van der Waals surface area contributed by atoms with Crippen molar-refractivity contribution in [1.29, 1.82) is 5.26 Å². The maximum Gasteiger partial charge on any atom is 0.210 e. The van der Waals surface area contributed by atoms with Crippen molar-refractivity contribution in [3.63, 3.8) is 0 Å². The summed E-state index contributed by atoms with van der Waals surface area (Å²) in [6.45, 7) is 0.199. The third-order valence-corrected chi connectivity index (χ3v) is 5.84. The van der Waals surface area contributed by atoms with Crippen LogP contribution >= 0.6 is 11.8 Å². The number of nitriles is 1. The Morgan fingerprint density at radius 2 is 1.78 bits per heavy atom. The first-order valence-corrected chi connectivity index (χ1v) is 10.8. The minimum absolute atomic E-state index is 0.199. The zero-order chi connectivity index (χ0) is 22.3. The van der Waals surface area contributed by atoms with Crippen LogP contribution in [0.25, 0.3) is 11.1 Å². The highest BCUT2D eigenvalue weighted by Gasteiger charge is 2.12. The van der Waals surface area contributed by atoms with E-state index in [0.29, 0.717) is 28.0 Å². The van der Waals surface area contributed by atoms with Gasteiger partial charge in [0.05, 0.1) is 18.7 Å². The summed E-state index contributed by atoms with van der Waals surface area (Å²) in [5.41, 5.74) is 3.71. The average Bonchev–Trinajstić information content (AvgIpc) is 3.21. The summed E-state index contributed by atoms with van der Waals surface area (Å²) < 4.78 is 12.4. The highest BCUT2D eigenvalue weighted by atomic mass is 32.2. The van der Waals surface area contributed by atoms with Crippen LogP contribution in [0.4, 0.5) is 0 Å². The van der Waals surface area contributed by atoms with Crippen molar-refractivity contribution in [2.45, 2.75) is 17.5 Å². The third kappa shape index (κ3) is 4.85. The predicted molar refractivity (Wildman–Crippen MR) is 124 cm³/mol. The molecule has 3 aromatic carbocycles. The minimum Gasteiger partial charge on any atom is -0.497 e. The Morgan fingerprint density at radius 3 is 2.56 bits per heavy atom. The molecular formula is C24H21N5O2S. The number of hydrogen-bond acceptors (Lipinski definition) is 7. The molecule has 32 heavy (non-hydrogen) atoms. The second kappa shape index (κ2) is 9.90. The van der Waals surface area contributed by atoms with Crippen LogP contribution in [-0.2, 0) is 12.4 Å². The van der Waals surface area contributed by atoms with E-state index in [4.69, 9.17) is 15.3 Å². The molecule has 160 valence electrons. The summed E-state index contributed by atoms with van der Waals surface area (Å²) in [6, 6.07) is 25.3. The van der Waals surface area contributed by atoms with Crippen molar-refractivity contribution in [3.8, 4) is 28.7 Å². The molecule has 1 aromatic heterocycles. The van der Waals surface area contributed by atoms with Crippen LogP contribution in [-0.4, -0.2) is 22.0 Å². The normalized spacial score (nSPS) is 10.5. The van der Waals surface area contributed by atoms with Crippen LogP contribution in [0.1, 0.15) is 17.0 Å². The van der Waals surface area contributed by atoms with E-state index in [-0.39, 0.29) is 6.61 Å². The number of nitrogens with two attached hydrogens (primary N) is 1. The summed E-state index contributed by atoms with van der Waals surface area (Å²) >= 11 is 1.49. The van der Waals surface area contributed by atoms with E-state index in [0.717, 1.165) is 22.4 Å². The quantitative estimate of drug-likeness (QED) is 0.318. The Morgan fingerprint density at radius 1 is 1.00 bits per heavy atom. The minimum atomic E-state index is 0.199. The summed E-state index contributed by atoms with van der Waals surface area (Å²) in [5.74, 6) is 8.75. The molecular weight excluding hydrogens is 422 g/mol. The van der Waals surface area contributed by atoms with Gasteiger partial charge in [0.1, 0.15) is 18.1 Å². The largest absolute Gasteiger partial charge is 0.497 e. The second-order valence-electron chi connectivity index (χ2n) is 6.88. The Balaban J connectivity index is 1.37. The van der Waals surface area contributed by atoms with E-state index in [1.165, 1.54) is 16.4 Å². The number of methoxy groups -OCH3 is 1. The molecule has 0 bridgehead atoms. The molecule has 0 amide bonds. The Bertz CT molecular complexity index is 1250. The van der Waals surface area contributed by atoms with Gasteiger partial charge in [0.2, 0.25) is 5.16 Å². The van der Waals surface area contributed by atoms with Gasteiger partial charge in [0.25, 0.3) is 0 Å². The number of ether oxygens (including phenoxy) is 2. The van der Waals surface area contributed by atoms with E-state index < -0.39 is 0 Å². The monoisotopic (exact) mass is 443 g/mol. The third-order valence-electron chi connectivity index (χ3n) is 4.82. The smallest absolute Gasteiger partial charge is 0.210 e. The predicted octanol–water partition coefficient (Wildman–Crippen LogP) is 4.41. The Labute approximate surface area is 190 Å². The van der Waals surface area contributed by atoms with Crippen LogP contribution in [0.3, 0.4) is 0 Å². The molecule has 7 nitrogen and oxygen atoms in total. The van der Waals surface area contributed by atoms with Gasteiger partial charge in [-0.15, -0.1) is 10.2 Å². The second-order valence-corrected chi connectivity index (χ2v) is 7.82. The van der Waals surface area contributed by atoms with Crippen molar-refractivity contribution in [1.82, 2.24) is 14.9 Å². The number of thioether (sulfide) groups is 1. The maximum absolute atomic E-state index is 9.30. The van der Waals surface area contributed by atoms with Crippen molar-refractivity contribution in [3.05, 3.63) is 89.7 Å². The SMILES string of the molecule is COc1cccc(OCc2nnc(SCc3ccc(-c4ccccc4C#N)cc3)n2N)c1. The summed E-state index contributed by atoms with van der Waals surface area (Å²) in [5, 5.41) is 18.2. The summed E-state index contributed by atoms with van der Waals surface area (Å²) in [6.07, 6.45) is 0. The van der Waals surface area contributed by atoms with Crippen molar-refractivity contribution in [2.24, 2.45) is 0 Å². The topological polar surface area (TPSA) is 99.0 Å². The molecule has 0 unspecified atom stereocenters. The van der Waals surface area contributed by atoms with Gasteiger partial charge in [-0.05, 0) is 34.9 Å². The van der Waals surface area contributed by atoms with Gasteiger partial charge < -0.3 is 15.3 Å². The Kier molecular flexibility index (Phi) is 6.58. The number of aromatic nitrogens is 3. The lowest BCUT2D eigenvalue weighted by Crippen LogP contribution is -2.15. The van der Waals surface area contributed by atoms with Gasteiger partial charge in [-0.25, -0.2) is 4.68 Å². The van der Waals surface area contributed by atoms with Gasteiger partial charge in [-0.2, -0.15) is 5.26 Å². The first-order chi connectivity index (χ1) is 15.7. The van der Waals surface area contributed by atoms with Crippen molar-refractivity contribution in [2.75, 3.05) is 13.0 Å². The molecule has 0 aliphatic heterocycles. The molecule has 0 spiro atoms. The molecule has 0 radical (unpaired) electrons. The van der Waals surface area contributed by atoms with Gasteiger partial charge in [-0.3, -0.25) is 0 Å². The number of benzene rings is 3. The first-order valence-electron chi connectivity index (χ1n) is 9.85. The first kappa shape index (κ1) is 21.3. The van der Waals surface area contributed by atoms with Gasteiger partial charge >= 0.3 is 0 Å². The fourth-order valence-corrected chi connectivity index (χ4v) is 3.93. The Hall–Kier alpha value is -3.96. The highest BCUT2D eigenvalue weighted by molar-refractivity contribution is 7.98. The molecule has 0 atom stereocenters. The molecule has 0 aliphatic rings. The average molecular weight is 444 g/mol. The van der Waals surface area contributed by atoms with E-state index in [1.54, 1.807) is 13.2 Å². The zero-order valence-electron chi connectivity index (χ0n) is 17.4. The number of hydrogen-bond donors (Lipinski definition) is 1. The van der Waals surface area contributed by atoms with E-state index in [2.05, 4.69) is 16.3 Å². The van der Waals surface area contributed by atoms with Crippen molar-refractivity contribution < 1.29 is 9.47 Å². The fraction of sp³-hybridized carbons (Fsp3) is 0.125. The summed E-state index contributed by atoms with van der Waals surface area (Å²) in [7, 11) is 1.61. The molecule has 2 N–H and O–H groups in total. The van der Waals surface area contributed by atoms with Crippen LogP contribution in [0, 0.1) is 11.3 Å². The molecule has 1 heterocycles. The lowest BCUT2D eigenvalue weighted by molar-refractivity contribution is 0.289. The molecule has 0 fully saturated rings.